The molecule has 0 saturated heterocycles. The molecule has 1 heterocycles. The number of ether oxygens (including phenoxy) is 2. The number of likely N-dealkylation sites (N-methyl/N-ethyl adjacent to an activating group) is 1. The predicted octanol–water partition coefficient (Wildman–Crippen LogP) is 4.62. The first-order chi connectivity index (χ1) is 14.8. The van der Waals surface area contributed by atoms with Gasteiger partial charge in [0.1, 0.15) is 11.5 Å². The van der Waals surface area contributed by atoms with Crippen molar-refractivity contribution in [3.63, 3.8) is 0 Å². The molecule has 0 aliphatic heterocycles. The molecule has 0 unspecified atom stereocenters. The van der Waals surface area contributed by atoms with Crippen molar-refractivity contribution in [3.05, 3.63) is 82.4 Å². The second-order valence-corrected chi connectivity index (χ2v) is 7.66. The number of halogens is 1. The summed E-state index contributed by atoms with van der Waals surface area (Å²) in [6.45, 7) is 4.71. The molecule has 1 aromatic heterocycles. The lowest BCUT2D eigenvalue weighted by Crippen LogP contribution is -2.31. The normalized spacial score (nSPS) is 10.8. The Morgan fingerprint density at radius 3 is 2.42 bits per heavy atom. The standard InChI is InChI=1S/C25H29FN2O3/c1-17-14-18(2)28(16-20-8-6-7-9-21(20)26)24(17)25(29)27(3)13-12-19-10-11-22(30-4)23(15-19)31-5/h6-11,14-15H,12-13,16H2,1-5H3. The number of benzene rings is 2. The van der Waals surface area contributed by atoms with E-state index in [1.807, 2.05) is 42.7 Å². The van der Waals surface area contributed by atoms with Gasteiger partial charge in [0.05, 0.1) is 20.8 Å². The van der Waals surface area contributed by atoms with Crippen LogP contribution in [-0.4, -0.2) is 43.2 Å². The van der Waals surface area contributed by atoms with Crippen molar-refractivity contribution in [3.8, 4) is 11.5 Å². The fraction of sp³-hybridized carbons (Fsp3) is 0.320. The maximum absolute atomic E-state index is 14.2. The SMILES string of the molecule is COc1ccc(CCN(C)C(=O)c2c(C)cc(C)n2Cc2ccccc2F)cc1OC. The summed E-state index contributed by atoms with van der Waals surface area (Å²) in [4.78, 5) is 15.0. The van der Waals surface area contributed by atoms with E-state index in [-0.39, 0.29) is 11.7 Å². The Morgan fingerprint density at radius 2 is 1.74 bits per heavy atom. The first-order valence-corrected chi connectivity index (χ1v) is 10.2. The Hall–Kier alpha value is -3.28. The molecule has 0 radical (unpaired) electrons. The minimum atomic E-state index is -0.270. The van der Waals surface area contributed by atoms with Gasteiger partial charge in [0.2, 0.25) is 0 Å². The van der Waals surface area contributed by atoms with Crippen LogP contribution < -0.4 is 9.47 Å². The summed E-state index contributed by atoms with van der Waals surface area (Å²) >= 11 is 0. The average molecular weight is 425 g/mol. The van der Waals surface area contributed by atoms with Gasteiger partial charge in [-0.05, 0) is 55.7 Å². The van der Waals surface area contributed by atoms with E-state index >= 15 is 0 Å². The van der Waals surface area contributed by atoms with Crippen LogP contribution in [0.25, 0.3) is 0 Å². The van der Waals surface area contributed by atoms with Crippen molar-refractivity contribution < 1.29 is 18.7 Å². The zero-order chi connectivity index (χ0) is 22.5. The second kappa shape index (κ2) is 9.69. The molecule has 164 valence electrons. The summed E-state index contributed by atoms with van der Waals surface area (Å²) in [5, 5.41) is 0. The van der Waals surface area contributed by atoms with Crippen molar-refractivity contribution in [2.24, 2.45) is 0 Å². The lowest BCUT2D eigenvalue weighted by atomic mass is 10.1. The quantitative estimate of drug-likeness (QED) is 0.530. The molecule has 0 spiro atoms. The molecule has 31 heavy (non-hydrogen) atoms. The third kappa shape index (κ3) is 4.90. The molecule has 0 fully saturated rings. The topological polar surface area (TPSA) is 43.7 Å². The zero-order valence-corrected chi connectivity index (χ0v) is 18.7. The van der Waals surface area contributed by atoms with Crippen molar-refractivity contribution in [1.82, 2.24) is 9.47 Å². The van der Waals surface area contributed by atoms with Crippen LogP contribution >= 0.6 is 0 Å². The Labute approximate surface area is 183 Å². The van der Waals surface area contributed by atoms with Gasteiger partial charge < -0.3 is 18.9 Å². The van der Waals surface area contributed by atoms with Gasteiger partial charge in [0.25, 0.3) is 5.91 Å². The highest BCUT2D eigenvalue weighted by atomic mass is 19.1. The molecule has 3 rings (SSSR count). The molecule has 0 bridgehead atoms. The summed E-state index contributed by atoms with van der Waals surface area (Å²) in [7, 11) is 5.00. The zero-order valence-electron chi connectivity index (χ0n) is 18.7. The molecule has 0 aliphatic carbocycles. The molecule has 5 nitrogen and oxygen atoms in total. The van der Waals surface area contributed by atoms with Crippen molar-refractivity contribution >= 4 is 5.91 Å². The van der Waals surface area contributed by atoms with Crippen LogP contribution in [0, 0.1) is 19.7 Å². The summed E-state index contributed by atoms with van der Waals surface area (Å²) in [5.41, 5.74) is 4.01. The maximum Gasteiger partial charge on any atom is 0.270 e. The fourth-order valence-electron chi connectivity index (χ4n) is 3.75. The van der Waals surface area contributed by atoms with E-state index in [1.54, 1.807) is 44.4 Å². The number of hydrogen-bond acceptors (Lipinski definition) is 3. The van der Waals surface area contributed by atoms with Crippen molar-refractivity contribution in [2.75, 3.05) is 27.8 Å². The molecule has 6 heteroatoms. The number of aryl methyl sites for hydroxylation is 2. The maximum atomic E-state index is 14.2. The Bertz CT molecular complexity index is 1070. The minimum absolute atomic E-state index is 0.0811. The highest BCUT2D eigenvalue weighted by Crippen LogP contribution is 2.28. The lowest BCUT2D eigenvalue weighted by Gasteiger charge is -2.20. The van der Waals surface area contributed by atoms with Gasteiger partial charge in [-0.3, -0.25) is 4.79 Å². The Morgan fingerprint density at radius 1 is 1.03 bits per heavy atom. The van der Waals surface area contributed by atoms with Gasteiger partial charge in [-0.1, -0.05) is 24.3 Å². The van der Waals surface area contributed by atoms with E-state index in [0.29, 0.717) is 42.3 Å². The average Bonchev–Trinajstić information content (AvgIpc) is 3.05. The number of methoxy groups -OCH3 is 2. The van der Waals surface area contributed by atoms with Gasteiger partial charge in [-0.2, -0.15) is 0 Å². The lowest BCUT2D eigenvalue weighted by molar-refractivity contribution is 0.0785. The highest BCUT2D eigenvalue weighted by molar-refractivity contribution is 5.94. The van der Waals surface area contributed by atoms with Crippen LogP contribution in [0.15, 0.2) is 48.5 Å². The molecule has 0 aliphatic rings. The van der Waals surface area contributed by atoms with Gasteiger partial charge in [0, 0.05) is 24.8 Å². The van der Waals surface area contributed by atoms with E-state index in [9.17, 15) is 9.18 Å². The van der Waals surface area contributed by atoms with Crippen molar-refractivity contribution in [1.29, 1.82) is 0 Å². The summed E-state index contributed by atoms with van der Waals surface area (Å²) in [5.74, 6) is 0.989. The monoisotopic (exact) mass is 424 g/mol. The molecule has 0 atom stereocenters. The number of rotatable bonds is 8. The summed E-state index contributed by atoms with van der Waals surface area (Å²) in [6.07, 6.45) is 0.675. The van der Waals surface area contributed by atoms with E-state index in [2.05, 4.69) is 0 Å². The number of nitrogens with zero attached hydrogens (tertiary/aromatic N) is 2. The highest BCUT2D eigenvalue weighted by Gasteiger charge is 2.21. The first kappa shape index (κ1) is 22.4. The summed E-state index contributed by atoms with van der Waals surface area (Å²) in [6, 6.07) is 14.4. The third-order valence-corrected chi connectivity index (χ3v) is 5.51. The van der Waals surface area contributed by atoms with E-state index in [4.69, 9.17) is 9.47 Å². The second-order valence-electron chi connectivity index (χ2n) is 7.66. The smallest absolute Gasteiger partial charge is 0.270 e. The predicted molar refractivity (Wildman–Crippen MR) is 120 cm³/mol. The van der Waals surface area contributed by atoms with Crippen LogP contribution in [-0.2, 0) is 13.0 Å². The number of hydrogen-bond donors (Lipinski definition) is 0. The van der Waals surface area contributed by atoms with Crippen LogP contribution in [0.5, 0.6) is 11.5 Å². The fourth-order valence-corrected chi connectivity index (χ4v) is 3.75. The van der Waals surface area contributed by atoms with Gasteiger partial charge in [-0.15, -0.1) is 0 Å². The Kier molecular flexibility index (Phi) is 7.00. The van der Waals surface area contributed by atoms with Crippen LogP contribution in [0.3, 0.4) is 0 Å². The van der Waals surface area contributed by atoms with Gasteiger partial charge in [-0.25, -0.2) is 4.39 Å². The van der Waals surface area contributed by atoms with Gasteiger partial charge in [0.15, 0.2) is 11.5 Å². The molecule has 1 amide bonds. The molecule has 0 N–H and O–H groups in total. The minimum Gasteiger partial charge on any atom is -0.493 e. The molecular weight excluding hydrogens is 395 g/mol. The summed E-state index contributed by atoms with van der Waals surface area (Å²) < 4.78 is 26.7. The van der Waals surface area contributed by atoms with E-state index in [0.717, 1.165) is 16.8 Å². The van der Waals surface area contributed by atoms with E-state index < -0.39 is 0 Å². The molecule has 0 saturated carbocycles. The molecular formula is C25H29FN2O3. The third-order valence-electron chi connectivity index (χ3n) is 5.51. The Balaban J connectivity index is 1.77. The van der Waals surface area contributed by atoms with Crippen LogP contribution in [0.1, 0.15) is 32.9 Å². The van der Waals surface area contributed by atoms with Gasteiger partial charge >= 0.3 is 0 Å². The molecule has 2 aromatic carbocycles. The van der Waals surface area contributed by atoms with Crippen molar-refractivity contribution in [2.45, 2.75) is 26.8 Å². The first-order valence-electron chi connectivity index (χ1n) is 10.2. The van der Waals surface area contributed by atoms with Crippen LogP contribution in [0.4, 0.5) is 4.39 Å². The van der Waals surface area contributed by atoms with E-state index in [1.165, 1.54) is 6.07 Å². The largest absolute Gasteiger partial charge is 0.493 e. The molecule has 3 aromatic rings. The number of amides is 1. The number of carbonyl (C=O) groups excluding carboxylic acids is 1. The number of aromatic nitrogens is 1. The number of carbonyl (C=O) groups is 1. The van der Waals surface area contributed by atoms with Crippen LogP contribution in [0.2, 0.25) is 0 Å².